The summed E-state index contributed by atoms with van der Waals surface area (Å²) in [6, 6.07) is 0. The zero-order chi connectivity index (χ0) is 9.68. The molecular formula is C6H10N4O3. The number of carbonyl (C=O) groups excluding carboxylic acids is 1. The van der Waals surface area contributed by atoms with Gasteiger partial charge in [0.05, 0.1) is 6.61 Å². The first-order chi connectivity index (χ1) is 6.24. The van der Waals surface area contributed by atoms with Crippen molar-refractivity contribution in [3.05, 3.63) is 11.7 Å². The molecule has 13 heavy (non-hydrogen) atoms. The Morgan fingerprint density at radius 3 is 2.92 bits per heavy atom. The van der Waals surface area contributed by atoms with Gasteiger partial charge in [-0.2, -0.15) is 4.98 Å². The van der Waals surface area contributed by atoms with E-state index in [0.29, 0.717) is 13.2 Å². The molecule has 7 nitrogen and oxygen atoms in total. The van der Waals surface area contributed by atoms with Gasteiger partial charge >= 0.3 is 0 Å². The fourth-order valence-corrected chi connectivity index (χ4v) is 0.656. The average molecular weight is 186 g/mol. The molecule has 0 radical (unpaired) electrons. The molecule has 1 aromatic rings. The highest BCUT2D eigenvalue weighted by Gasteiger charge is 2.10. The molecule has 0 saturated carbocycles. The molecule has 1 amide bonds. The van der Waals surface area contributed by atoms with Crippen molar-refractivity contribution in [3.63, 3.8) is 0 Å². The largest absolute Gasteiger partial charge is 0.370 e. The molecule has 1 rings (SSSR count). The predicted molar refractivity (Wildman–Crippen MR) is 41.5 cm³/mol. The van der Waals surface area contributed by atoms with Crippen molar-refractivity contribution in [3.8, 4) is 0 Å². The number of aromatic nitrogens is 2. The molecule has 7 heteroatoms. The Kier molecular flexibility index (Phi) is 3.35. The van der Waals surface area contributed by atoms with Gasteiger partial charge in [0.1, 0.15) is 6.61 Å². The summed E-state index contributed by atoms with van der Waals surface area (Å²) in [4.78, 5) is 14.2. The third-order valence-corrected chi connectivity index (χ3v) is 1.18. The second-order valence-corrected chi connectivity index (χ2v) is 2.22. The normalized spacial score (nSPS) is 10.2. The molecule has 0 bridgehead atoms. The Hall–Kier alpha value is -1.47. The van der Waals surface area contributed by atoms with E-state index in [0.717, 1.165) is 0 Å². The van der Waals surface area contributed by atoms with Gasteiger partial charge in [0.2, 0.25) is 0 Å². The number of nitrogens with two attached hydrogens (primary N) is 2. The lowest BCUT2D eigenvalue weighted by Gasteiger charge is -1.95. The average Bonchev–Trinajstić information content (AvgIpc) is 2.53. The zero-order valence-electron chi connectivity index (χ0n) is 6.90. The number of ether oxygens (including phenoxy) is 1. The van der Waals surface area contributed by atoms with Crippen LogP contribution in [0.4, 0.5) is 0 Å². The fraction of sp³-hybridized carbons (Fsp3) is 0.500. The Bertz CT molecular complexity index is 285. The van der Waals surface area contributed by atoms with Gasteiger partial charge < -0.3 is 20.7 Å². The molecule has 1 heterocycles. The summed E-state index contributed by atoms with van der Waals surface area (Å²) in [5, 5.41) is 3.32. The number of primary amides is 1. The van der Waals surface area contributed by atoms with Crippen LogP contribution in [0.3, 0.4) is 0 Å². The van der Waals surface area contributed by atoms with Gasteiger partial charge in [0.25, 0.3) is 17.6 Å². The molecular weight excluding hydrogens is 176 g/mol. The second kappa shape index (κ2) is 4.53. The summed E-state index contributed by atoms with van der Waals surface area (Å²) in [7, 11) is 0. The number of rotatable bonds is 5. The summed E-state index contributed by atoms with van der Waals surface area (Å²) >= 11 is 0. The minimum Gasteiger partial charge on any atom is -0.370 e. The number of hydrogen-bond acceptors (Lipinski definition) is 6. The molecule has 1 aromatic heterocycles. The lowest BCUT2D eigenvalue weighted by Crippen LogP contribution is -2.13. The van der Waals surface area contributed by atoms with Crippen LogP contribution in [0, 0.1) is 0 Å². The lowest BCUT2D eigenvalue weighted by atomic mass is 10.6. The second-order valence-electron chi connectivity index (χ2n) is 2.22. The summed E-state index contributed by atoms with van der Waals surface area (Å²) in [5.41, 5.74) is 10.1. The zero-order valence-corrected chi connectivity index (χ0v) is 6.90. The van der Waals surface area contributed by atoms with Gasteiger partial charge in [-0.3, -0.25) is 4.79 Å². The molecule has 0 aromatic carbocycles. The predicted octanol–water partition coefficient (Wildman–Crippen LogP) is -1.36. The standard InChI is InChI=1S/C6H10N4O3/c7-1-2-12-3-4-9-6(5(8)11)10-13-4/h1-3,7H2,(H2,8,11). The molecule has 72 valence electrons. The maximum Gasteiger partial charge on any atom is 0.290 e. The Balaban J connectivity index is 2.44. The molecule has 0 atom stereocenters. The van der Waals surface area contributed by atoms with E-state index in [-0.39, 0.29) is 18.3 Å². The first-order valence-corrected chi connectivity index (χ1v) is 3.64. The molecule has 0 aliphatic carbocycles. The summed E-state index contributed by atoms with van der Waals surface area (Å²) in [5.74, 6) is -0.664. The lowest BCUT2D eigenvalue weighted by molar-refractivity contribution is 0.0986. The molecule has 4 N–H and O–H groups in total. The Morgan fingerprint density at radius 2 is 2.38 bits per heavy atom. The van der Waals surface area contributed by atoms with Crippen molar-refractivity contribution in [1.29, 1.82) is 0 Å². The van der Waals surface area contributed by atoms with Crippen molar-refractivity contribution in [2.75, 3.05) is 13.2 Å². The molecule has 0 unspecified atom stereocenters. The van der Waals surface area contributed by atoms with E-state index in [2.05, 4.69) is 14.7 Å². The first-order valence-electron chi connectivity index (χ1n) is 3.64. The Morgan fingerprint density at radius 1 is 1.62 bits per heavy atom. The molecule has 0 aliphatic heterocycles. The maximum atomic E-state index is 10.5. The maximum absolute atomic E-state index is 10.5. The van der Waals surface area contributed by atoms with E-state index >= 15 is 0 Å². The highest BCUT2D eigenvalue weighted by molar-refractivity contribution is 5.88. The quantitative estimate of drug-likeness (QED) is 0.548. The van der Waals surface area contributed by atoms with E-state index < -0.39 is 5.91 Å². The summed E-state index contributed by atoms with van der Waals surface area (Å²) in [6.45, 7) is 0.947. The van der Waals surface area contributed by atoms with Crippen molar-refractivity contribution < 1.29 is 14.1 Å². The van der Waals surface area contributed by atoms with Crippen molar-refractivity contribution in [2.24, 2.45) is 11.5 Å². The van der Waals surface area contributed by atoms with Crippen LogP contribution in [0.15, 0.2) is 4.52 Å². The van der Waals surface area contributed by atoms with Crippen molar-refractivity contribution >= 4 is 5.91 Å². The van der Waals surface area contributed by atoms with Crippen LogP contribution in [0.1, 0.15) is 16.5 Å². The smallest absolute Gasteiger partial charge is 0.290 e. The van der Waals surface area contributed by atoms with Crippen molar-refractivity contribution in [2.45, 2.75) is 6.61 Å². The topological polar surface area (TPSA) is 117 Å². The third kappa shape index (κ3) is 2.80. The van der Waals surface area contributed by atoms with E-state index in [1.807, 2.05) is 0 Å². The van der Waals surface area contributed by atoms with Crippen LogP contribution in [0.5, 0.6) is 0 Å². The molecule has 0 saturated heterocycles. The minimum absolute atomic E-state index is 0.136. The van der Waals surface area contributed by atoms with E-state index in [9.17, 15) is 4.79 Å². The number of hydrogen-bond donors (Lipinski definition) is 2. The highest BCUT2D eigenvalue weighted by Crippen LogP contribution is 1.97. The van der Waals surface area contributed by atoms with E-state index in [1.54, 1.807) is 0 Å². The van der Waals surface area contributed by atoms with Gasteiger partial charge in [-0.1, -0.05) is 5.16 Å². The van der Waals surface area contributed by atoms with Crippen LogP contribution < -0.4 is 11.5 Å². The number of carbonyl (C=O) groups is 1. The van der Waals surface area contributed by atoms with Crippen LogP contribution in [-0.2, 0) is 11.3 Å². The summed E-state index contributed by atoms with van der Waals surface area (Å²) in [6.07, 6.45) is 0. The van der Waals surface area contributed by atoms with Gasteiger partial charge in [0, 0.05) is 6.54 Å². The van der Waals surface area contributed by atoms with Crippen molar-refractivity contribution in [1.82, 2.24) is 10.1 Å². The van der Waals surface area contributed by atoms with Crippen LogP contribution in [0.2, 0.25) is 0 Å². The minimum atomic E-state index is -0.728. The molecule has 0 spiro atoms. The van der Waals surface area contributed by atoms with Crippen LogP contribution in [-0.4, -0.2) is 29.2 Å². The van der Waals surface area contributed by atoms with Gasteiger partial charge in [0.15, 0.2) is 0 Å². The SMILES string of the molecule is NCCOCc1nc(C(N)=O)no1. The van der Waals surface area contributed by atoms with E-state index in [4.69, 9.17) is 16.2 Å². The third-order valence-electron chi connectivity index (χ3n) is 1.18. The van der Waals surface area contributed by atoms with Crippen LogP contribution >= 0.6 is 0 Å². The van der Waals surface area contributed by atoms with Gasteiger partial charge in [-0.25, -0.2) is 0 Å². The molecule has 0 fully saturated rings. The molecule has 0 aliphatic rings. The first kappa shape index (κ1) is 9.62. The highest BCUT2D eigenvalue weighted by atomic mass is 16.5. The summed E-state index contributed by atoms with van der Waals surface area (Å²) < 4.78 is 9.63. The number of nitrogens with zero attached hydrogens (tertiary/aromatic N) is 2. The van der Waals surface area contributed by atoms with Crippen LogP contribution in [0.25, 0.3) is 0 Å². The Labute approximate surface area is 74.0 Å². The van der Waals surface area contributed by atoms with E-state index in [1.165, 1.54) is 0 Å². The monoisotopic (exact) mass is 186 g/mol. The fourth-order valence-electron chi connectivity index (χ4n) is 0.656. The van der Waals surface area contributed by atoms with Gasteiger partial charge in [-0.05, 0) is 0 Å². The number of amides is 1. The van der Waals surface area contributed by atoms with Gasteiger partial charge in [-0.15, -0.1) is 0 Å².